The minimum atomic E-state index is -0.657. The Hall–Kier alpha value is 0.903. The van der Waals surface area contributed by atoms with E-state index in [1.54, 1.807) is 0 Å². The van der Waals surface area contributed by atoms with Crippen LogP contribution in [0.4, 0.5) is 0 Å². The molecule has 0 amide bonds. The molecule has 0 radical (unpaired) electrons. The molecule has 0 fully saturated rings. The molecule has 0 aliphatic heterocycles. The fraction of sp³-hybridized carbons (Fsp3) is 0.889. The molecule has 0 aromatic heterocycles. The van der Waals surface area contributed by atoms with Crippen LogP contribution in [0.1, 0.15) is 40.5 Å². The maximum atomic E-state index is 9.90. The van der Waals surface area contributed by atoms with E-state index in [4.69, 9.17) is 0 Å². The first-order chi connectivity index (χ1) is 5.10. The third kappa shape index (κ3) is 4.23. The number of rotatable bonds is 4. The summed E-state index contributed by atoms with van der Waals surface area (Å²) in [6.07, 6.45) is 1.50. The summed E-state index contributed by atoms with van der Waals surface area (Å²) in [5.41, 5.74) is 0.209. The Balaban J connectivity index is 0. The van der Waals surface area contributed by atoms with Crippen LogP contribution in [0.3, 0.4) is 0 Å². The molecule has 3 heteroatoms. The van der Waals surface area contributed by atoms with Gasteiger partial charge in [-0.2, -0.15) is 0 Å². The summed E-state index contributed by atoms with van der Waals surface area (Å²) in [7, 11) is 0. The molecule has 0 rings (SSSR count). The van der Waals surface area contributed by atoms with E-state index in [-0.39, 0.29) is 38.2 Å². The molecule has 0 aromatic rings. The summed E-state index contributed by atoms with van der Waals surface area (Å²) in [6, 6.07) is 0. The molecule has 0 bridgehead atoms. The van der Waals surface area contributed by atoms with Gasteiger partial charge in [0, 0.05) is 50.4 Å². The van der Waals surface area contributed by atoms with Gasteiger partial charge in [0.05, 0.1) is 0 Å². The van der Waals surface area contributed by atoms with Gasteiger partial charge in [-0.1, -0.05) is 13.8 Å². The van der Waals surface area contributed by atoms with Gasteiger partial charge in [0.15, 0.2) is 0 Å². The average molecular weight is 320 g/mol. The predicted octanol–water partition coefficient (Wildman–Crippen LogP) is 2.02. The zero-order chi connectivity index (χ0) is 8.91. The normalized spacial score (nSPS) is 12.6. The van der Waals surface area contributed by atoms with Crippen molar-refractivity contribution in [2.75, 3.05) is 6.54 Å². The van der Waals surface area contributed by atoms with Gasteiger partial charge in [-0.15, -0.1) is 0 Å². The van der Waals surface area contributed by atoms with Crippen molar-refractivity contribution in [2.45, 2.75) is 46.1 Å². The van der Waals surface area contributed by atoms with Crippen molar-refractivity contribution < 1.29 is 43.3 Å². The van der Waals surface area contributed by atoms with Crippen LogP contribution in [0.25, 0.3) is 0 Å². The van der Waals surface area contributed by atoms with E-state index in [1.165, 1.54) is 0 Å². The Morgan fingerprint density at radius 2 is 1.67 bits per heavy atom. The van der Waals surface area contributed by atoms with E-state index in [2.05, 4.69) is 4.99 Å². The SMILES string of the molecule is CCN=C(C)C(O)(CC)CC.[Dy]. The average Bonchev–Trinajstić information content (AvgIpc) is 2.03. The quantitative estimate of drug-likeness (QED) is 0.790. The maximum absolute atomic E-state index is 9.90. The third-order valence-electron chi connectivity index (χ3n) is 2.24. The maximum Gasteiger partial charge on any atom is 0.101 e. The molecule has 1 N–H and O–H groups in total. The molecule has 0 unspecified atom stereocenters. The van der Waals surface area contributed by atoms with Crippen LogP contribution in [-0.4, -0.2) is 23.0 Å². The van der Waals surface area contributed by atoms with Crippen LogP contribution < -0.4 is 0 Å². The van der Waals surface area contributed by atoms with Crippen LogP contribution in [0, 0.1) is 38.2 Å². The van der Waals surface area contributed by atoms with Crippen molar-refractivity contribution in [3.05, 3.63) is 0 Å². The second-order valence-corrected chi connectivity index (χ2v) is 2.80. The minimum Gasteiger partial charge on any atom is -0.384 e. The topological polar surface area (TPSA) is 32.6 Å². The predicted molar refractivity (Wildman–Crippen MR) is 49.2 cm³/mol. The van der Waals surface area contributed by atoms with Gasteiger partial charge >= 0.3 is 0 Å². The van der Waals surface area contributed by atoms with Crippen LogP contribution in [-0.2, 0) is 0 Å². The van der Waals surface area contributed by atoms with Gasteiger partial charge in [0.25, 0.3) is 0 Å². The van der Waals surface area contributed by atoms with Crippen molar-refractivity contribution in [2.24, 2.45) is 4.99 Å². The molecule has 0 spiro atoms. The molecule has 0 saturated heterocycles. The minimum absolute atomic E-state index is 0. The van der Waals surface area contributed by atoms with E-state index in [0.29, 0.717) is 0 Å². The van der Waals surface area contributed by atoms with E-state index < -0.39 is 5.60 Å². The summed E-state index contributed by atoms with van der Waals surface area (Å²) in [6.45, 7) is 8.61. The summed E-state index contributed by atoms with van der Waals surface area (Å²) >= 11 is 0. The standard InChI is InChI=1S/C9H19NO.Dy/c1-5-9(11,6-2)8(4)10-7-3;/h11H,5-7H2,1-4H3;. The van der Waals surface area contributed by atoms with Gasteiger partial charge in [0.2, 0.25) is 0 Å². The summed E-state index contributed by atoms with van der Waals surface area (Å²) in [5, 5.41) is 9.90. The third-order valence-corrected chi connectivity index (χ3v) is 2.24. The zero-order valence-electron chi connectivity index (χ0n) is 8.33. The van der Waals surface area contributed by atoms with Crippen LogP contribution in [0.5, 0.6) is 0 Å². The molecule has 0 atom stereocenters. The van der Waals surface area contributed by atoms with Crippen LogP contribution in [0.2, 0.25) is 0 Å². The van der Waals surface area contributed by atoms with Gasteiger partial charge in [-0.25, -0.2) is 0 Å². The Morgan fingerprint density at radius 1 is 1.25 bits per heavy atom. The first kappa shape index (κ1) is 15.4. The molecule has 0 aromatic carbocycles. The molecule has 12 heavy (non-hydrogen) atoms. The van der Waals surface area contributed by atoms with Crippen molar-refractivity contribution in [1.82, 2.24) is 0 Å². The summed E-state index contributed by atoms with van der Waals surface area (Å²) in [4.78, 5) is 4.20. The van der Waals surface area contributed by atoms with Gasteiger partial charge in [0.1, 0.15) is 5.60 Å². The second-order valence-electron chi connectivity index (χ2n) is 2.80. The first-order valence-corrected chi connectivity index (χ1v) is 4.34. The fourth-order valence-corrected chi connectivity index (χ4v) is 1.15. The van der Waals surface area contributed by atoms with E-state index in [0.717, 1.165) is 25.1 Å². The molecule has 0 saturated carbocycles. The molecule has 0 aliphatic carbocycles. The number of aliphatic imine (C=N–C) groups is 1. The fourth-order valence-electron chi connectivity index (χ4n) is 1.15. The number of hydrogen-bond acceptors (Lipinski definition) is 2. The Morgan fingerprint density at radius 3 is 1.92 bits per heavy atom. The second kappa shape index (κ2) is 7.32. The van der Waals surface area contributed by atoms with Crippen LogP contribution in [0.15, 0.2) is 4.99 Å². The molecular weight excluding hydrogens is 301 g/mol. The number of aliphatic hydroxyl groups is 1. The van der Waals surface area contributed by atoms with Crippen LogP contribution >= 0.6 is 0 Å². The van der Waals surface area contributed by atoms with Gasteiger partial charge in [-0.3, -0.25) is 4.99 Å². The van der Waals surface area contributed by atoms with Crippen molar-refractivity contribution in [3.8, 4) is 0 Å². The number of nitrogens with zero attached hydrogens (tertiary/aromatic N) is 1. The molecule has 0 heterocycles. The summed E-state index contributed by atoms with van der Waals surface area (Å²) < 4.78 is 0. The summed E-state index contributed by atoms with van der Waals surface area (Å²) in [5.74, 6) is 0. The first-order valence-electron chi connectivity index (χ1n) is 4.34. The smallest absolute Gasteiger partial charge is 0.101 e. The molecule has 2 nitrogen and oxygen atoms in total. The largest absolute Gasteiger partial charge is 0.384 e. The van der Waals surface area contributed by atoms with Crippen molar-refractivity contribution >= 4 is 5.71 Å². The van der Waals surface area contributed by atoms with E-state index in [9.17, 15) is 5.11 Å². The monoisotopic (exact) mass is 321 g/mol. The zero-order valence-corrected chi connectivity index (χ0v) is 10.4. The molecular formula is C9H19DyNO. The van der Waals surface area contributed by atoms with E-state index >= 15 is 0 Å². The number of hydrogen-bond donors (Lipinski definition) is 1. The van der Waals surface area contributed by atoms with Crippen molar-refractivity contribution in [3.63, 3.8) is 0 Å². The Bertz CT molecular complexity index is 141. The van der Waals surface area contributed by atoms with Gasteiger partial charge in [-0.05, 0) is 26.7 Å². The Kier molecular flexibility index (Phi) is 9.38. The molecule has 0 aliphatic rings. The van der Waals surface area contributed by atoms with E-state index in [1.807, 2.05) is 27.7 Å². The van der Waals surface area contributed by atoms with Crippen molar-refractivity contribution in [1.29, 1.82) is 0 Å². The molecule has 76 valence electrons. The van der Waals surface area contributed by atoms with Gasteiger partial charge < -0.3 is 5.11 Å². The Labute approximate surface area is 106 Å².